The maximum absolute atomic E-state index is 13.8. The molecule has 0 aliphatic heterocycles. The summed E-state index contributed by atoms with van der Waals surface area (Å²) in [5.41, 5.74) is 3.09. The third kappa shape index (κ3) is 2.55. The van der Waals surface area contributed by atoms with Crippen LogP contribution in [0, 0.1) is 12.7 Å². The Labute approximate surface area is 126 Å². The zero-order chi connectivity index (χ0) is 15.7. The summed E-state index contributed by atoms with van der Waals surface area (Å²) in [6.07, 6.45) is 0.256. The zero-order valence-corrected chi connectivity index (χ0v) is 12.3. The summed E-state index contributed by atoms with van der Waals surface area (Å²) in [5.74, 6) is -0.590. The maximum atomic E-state index is 13.8. The molecule has 1 amide bonds. The highest BCUT2D eigenvalue weighted by Gasteiger charge is 2.14. The van der Waals surface area contributed by atoms with E-state index in [1.54, 1.807) is 7.05 Å². The van der Waals surface area contributed by atoms with E-state index in [1.807, 2.05) is 31.2 Å². The molecule has 0 spiro atoms. The lowest BCUT2D eigenvalue weighted by Gasteiger charge is -2.08. The van der Waals surface area contributed by atoms with E-state index in [0.717, 1.165) is 11.1 Å². The Morgan fingerprint density at radius 3 is 2.82 bits per heavy atom. The molecule has 0 aliphatic rings. The van der Waals surface area contributed by atoms with Gasteiger partial charge in [-0.05, 0) is 30.2 Å². The average molecular weight is 298 g/mol. The molecule has 0 radical (unpaired) electrons. The monoisotopic (exact) mass is 298 g/mol. The molecule has 5 nitrogen and oxygen atoms in total. The molecule has 0 bridgehead atoms. The number of nitrogens with zero attached hydrogens (tertiary/aromatic N) is 3. The number of halogens is 1. The molecule has 6 heteroatoms. The van der Waals surface area contributed by atoms with Crippen LogP contribution in [0.3, 0.4) is 0 Å². The Morgan fingerprint density at radius 1 is 1.27 bits per heavy atom. The lowest BCUT2D eigenvalue weighted by atomic mass is 10.1. The molecule has 3 aromatic rings. The summed E-state index contributed by atoms with van der Waals surface area (Å²) in [5, 5.41) is 10.5. The van der Waals surface area contributed by atoms with Gasteiger partial charge in [0.2, 0.25) is 5.91 Å². The molecule has 112 valence electrons. The highest BCUT2D eigenvalue weighted by molar-refractivity contribution is 6.00. The lowest BCUT2D eigenvalue weighted by molar-refractivity contribution is -0.115. The number of nitrogens with one attached hydrogen (secondary N) is 1. The predicted molar refractivity (Wildman–Crippen MR) is 82.0 cm³/mol. The van der Waals surface area contributed by atoms with Crippen molar-refractivity contribution in [3.05, 3.63) is 53.3 Å². The third-order valence-electron chi connectivity index (χ3n) is 3.59. The van der Waals surface area contributed by atoms with Crippen LogP contribution in [0.1, 0.15) is 11.1 Å². The number of rotatable bonds is 3. The van der Waals surface area contributed by atoms with E-state index in [2.05, 4.69) is 15.6 Å². The number of anilines is 1. The molecule has 0 fully saturated rings. The molecule has 2 aromatic carbocycles. The Morgan fingerprint density at radius 2 is 2.05 bits per heavy atom. The topological polar surface area (TPSA) is 59.8 Å². The number of amides is 1. The van der Waals surface area contributed by atoms with Crippen LogP contribution in [0.15, 0.2) is 36.4 Å². The summed E-state index contributed by atoms with van der Waals surface area (Å²) >= 11 is 0. The summed E-state index contributed by atoms with van der Waals surface area (Å²) in [6.45, 7) is 1.96. The summed E-state index contributed by atoms with van der Waals surface area (Å²) in [7, 11) is 1.61. The lowest BCUT2D eigenvalue weighted by Crippen LogP contribution is -2.15. The molecule has 0 unspecified atom stereocenters. The van der Waals surface area contributed by atoms with Gasteiger partial charge in [0.25, 0.3) is 0 Å². The van der Waals surface area contributed by atoms with Gasteiger partial charge in [-0.1, -0.05) is 29.5 Å². The van der Waals surface area contributed by atoms with Crippen LogP contribution in [0.5, 0.6) is 0 Å². The number of benzene rings is 2. The van der Waals surface area contributed by atoms with Crippen LogP contribution >= 0.6 is 0 Å². The molecular formula is C16H15FN4O. The fourth-order valence-corrected chi connectivity index (χ4v) is 2.40. The number of carbonyl (C=O) groups is 1. The fraction of sp³-hybridized carbons (Fsp3) is 0.188. The van der Waals surface area contributed by atoms with Crippen molar-refractivity contribution < 1.29 is 9.18 Å². The van der Waals surface area contributed by atoms with Crippen LogP contribution in [0.4, 0.5) is 10.1 Å². The molecule has 1 aromatic heterocycles. The molecule has 3 rings (SSSR count). The van der Waals surface area contributed by atoms with Gasteiger partial charge in [-0.2, -0.15) is 0 Å². The average Bonchev–Trinajstić information content (AvgIpc) is 2.88. The smallest absolute Gasteiger partial charge is 0.228 e. The number of aromatic nitrogens is 3. The first-order valence-corrected chi connectivity index (χ1v) is 6.88. The summed E-state index contributed by atoms with van der Waals surface area (Å²) in [4.78, 5) is 12.2. The Kier molecular flexibility index (Phi) is 3.58. The standard InChI is InChI=1S/C16H15FN4O/c1-10-5-3-4-6-11(10)9-14(22)18-13-8-7-12(17)16-15(13)19-20-21(16)2/h3-8H,9H2,1-2H3,(H,18,22). The van der Waals surface area contributed by atoms with Crippen molar-refractivity contribution in [2.75, 3.05) is 5.32 Å². The van der Waals surface area contributed by atoms with E-state index in [4.69, 9.17) is 0 Å². The number of aryl methyl sites for hydroxylation is 2. The van der Waals surface area contributed by atoms with E-state index >= 15 is 0 Å². The van der Waals surface area contributed by atoms with Gasteiger partial charge in [0.15, 0.2) is 5.82 Å². The minimum absolute atomic E-state index is 0.173. The molecule has 0 aliphatic carbocycles. The SMILES string of the molecule is Cc1ccccc1CC(=O)Nc1ccc(F)c2c1nnn2C. The van der Waals surface area contributed by atoms with E-state index in [0.29, 0.717) is 11.2 Å². The van der Waals surface area contributed by atoms with Crippen molar-refractivity contribution in [2.24, 2.45) is 7.05 Å². The van der Waals surface area contributed by atoms with E-state index < -0.39 is 5.82 Å². The minimum atomic E-state index is -0.417. The highest BCUT2D eigenvalue weighted by Crippen LogP contribution is 2.23. The van der Waals surface area contributed by atoms with Crippen molar-refractivity contribution >= 4 is 22.6 Å². The van der Waals surface area contributed by atoms with E-state index in [1.165, 1.54) is 16.8 Å². The summed E-state index contributed by atoms with van der Waals surface area (Å²) in [6, 6.07) is 10.5. The van der Waals surface area contributed by atoms with Gasteiger partial charge in [-0.15, -0.1) is 5.10 Å². The fourth-order valence-electron chi connectivity index (χ4n) is 2.40. The second kappa shape index (κ2) is 5.55. The van der Waals surface area contributed by atoms with Crippen molar-refractivity contribution in [1.29, 1.82) is 0 Å². The number of carbonyl (C=O) groups excluding carboxylic acids is 1. The Hall–Kier alpha value is -2.76. The van der Waals surface area contributed by atoms with Crippen molar-refractivity contribution in [3.8, 4) is 0 Å². The molecule has 0 saturated carbocycles. The van der Waals surface area contributed by atoms with Crippen molar-refractivity contribution in [3.63, 3.8) is 0 Å². The van der Waals surface area contributed by atoms with Gasteiger partial charge in [0.1, 0.15) is 11.0 Å². The second-order valence-electron chi connectivity index (χ2n) is 5.16. The first-order chi connectivity index (χ1) is 10.6. The van der Waals surface area contributed by atoms with Crippen LogP contribution in [-0.2, 0) is 18.3 Å². The van der Waals surface area contributed by atoms with E-state index in [-0.39, 0.29) is 17.8 Å². The van der Waals surface area contributed by atoms with Gasteiger partial charge in [-0.3, -0.25) is 4.79 Å². The molecule has 1 N–H and O–H groups in total. The zero-order valence-electron chi connectivity index (χ0n) is 12.3. The molecule has 22 heavy (non-hydrogen) atoms. The predicted octanol–water partition coefficient (Wildman–Crippen LogP) is 2.60. The van der Waals surface area contributed by atoms with Gasteiger partial charge in [-0.25, -0.2) is 9.07 Å². The van der Waals surface area contributed by atoms with Crippen LogP contribution < -0.4 is 5.32 Å². The molecule has 0 atom stereocenters. The first kappa shape index (κ1) is 14.2. The van der Waals surface area contributed by atoms with Gasteiger partial charge in [0, 0.05) is 7.05 Å². The van der Waals surface area contributed by atoms with Crippen molar-refractivity contribution in [1.82, 2.24) is 15.0 Å². The third-order valence-corrected chi connectivity index (χ3v) is 3.59. The largest absolute Gasteiger partial charge is 0.324 e. The molecule has 1 heterocycles. The van der Waals surface area contributed by atoms with Gasteiger partial charge in [0.05, 0.1) is 12.1 Å². The Bertz CT molecular complexity index is 856. The molecular weight excluding hydrogens is 283 g/mol. The van der Waals surface area contributed by atoms with Crippen LogP contribution in [0.25, 0.3) is 11.0 Å². The second-order valence-corrected chi connectivity index (χ2v) is 5.16. The first-order valence-electron chi connectivity index (χ1n) is 6.88. The summed E-state index contributed by atoms with van der Waals surface area (Å²) < 4.78 is 15.1. The quantitative estimate of drug-likeness (QED) is 0.808. The highest BCUT2D eigenvalue weighted by atomic mass is 19.1. The maximum Gasteiger partial charge on any atom is 0.228 e. The van der Waals surface area contributed by atoms with Crippen LogP contribution in [0.2, 0.25) is 0 Å². The number of hydrogen-bond donors (Lipinski definition) is 1. The van der Waals surface area contributed by atoms with Gasteiger partial charge >= 0.3 is 0 Å². The van der Waals surface area contributed by atoms with Crippen molar-refractivity contribution in [2.45, 2.75) is 13.3 Å². The van der Waals surface area contributed by atoms with Gasteiger partial charge < -0.3 is 5.32 Å². The Balaban J connectivity index is 1.86. The van der Waals surface area contributed by atoms with Crippen LogP contribution in [-0.4, -0.2) is 20.9 Å². The van der Waals surface area contributed by atoms with E-state index in [9.17, 15) is 9.18 Å². The normalized spacial score (nSPS) is 10.9. The number of hydrogen-bond acceptors (Lipinski definition) is 3. The number of fused-ring (bicyclic) bond motifs is 1. The molecule has 0 saturated heterocycles. The minimum Gasteiger partial charge on any atom is -0.324 e.